The second kappa shape index (κ2) is 9.92. The molecule has 1 unspecified atom stereocenters. The second-order valence-corrected chi connectivity index (χ2v) is 8.97. The molecule has 10 heteroatoms. The summed E-state index contributed by atoms with van der Waals surface area (Å²) in [5, 5.41) is 13.4. The number of aliphatic hydroxyl groups is 1. The Labute approximate surface area is 208 Å². The van der Waals surface area contributed by atoms with Crippen LogP contribution in [0.4, 0.5) is 21.7 Å². The predicted octanol–water partition coefficient (Wildman–Crippen LogP) is 2.90. The number of nitrogens with zero attached hydrogens (tertiary/aromatic N) is 5. The first-order valence-electron chi connectivity index (χ1n) is 11.8. The Bertz CT molecular complexity index is 1400. The van der Waals surface area contributed by atoms with Gasteiger partial charge in [0, 0.05) is 55.7 Å². The van der Waals surface area contributed by atoms with Crippen molar-refractivity contribution in [1.82, 2.24) is 19.4 Å². The molecule has 0 saturated carbocycles. The van der Waals surface area contributed by atoms with E-state index in [9.17, 15) is 14.3 Å². The highest BCUT2D eigenvalue weighted by molar-refractivity contribution is 6.06. The minimum absolute atomic E-state index is 0.0154. The number of carbonyl (C=O) groups is 1. The number of carbonyl (C=O) groups excluding carboxylic acids is 1. The number of nitrogens with two attached hydrogens (primary N) is 1. The van der Waals surface area contributed by atoms with Crippen LogP contribution in [0, 0.1) is 5.82 Å². The molecule has 1 atom stereocenters. The van der Waals surface area contributed by atoms with Crippen LogP contribution in [0.1, 0.15) is 17.3 Å². The zero-order chi connectivity index (χ0) is 25.2. The highest BCUT2D eigenvalue weighted by atomic mass is 19.1. The molecular weight excluding hydrogens is 461 g/mol. The zero-order valence-corrected chi connectivity index (χ0v) is 19.9. The van der Waals surface area contributed by atoms with Crippen LogP contribution < -0.4 is 16.0 Å². The Balaban J connectivity index is 1.38. The number of fused-ring (bicyclic) bond motifs is 1. The van der Waals surface area contributed by atoms with Crippen molar-refractivity contribution in [3.05, 3.63) is 72.3 Å². The van der Waals surface area contributed by atoms with Crippen molar-refractivity contribution in [2.75, 3.05) is 42.9 Å². The molecule has 186 valence electrons. The number of aliphatic hydroxyl groups excluding tert-OH is 1. The van der Waals surface area contributed by atoms with Crippen LogP contribution in [0.15, 0.2) is 60.9 Å². The third-order valence-electron chi connectivity index (χ3n) is 6.29. The Morgan fingerprint density at radius 2 is 1.94 bits per heavy atom. The van der Waals surface area contributed by atoms with Gasteiger partial charge in [-0.2, -0.15) is 4.98 Å². The van der Waals surface area contributed by atoms with Crippen LogP contribution in [-0.2, 0) is 0 Å². The average Bonchev–Trinajstić information content (AvgIpc) is 3.25. The number of rotatable bonds is 7. The lowest BCUT2D eigenvalue weighted by Gasteiger charge is -2.36. The molecule has 36 heavy (non-hydrogen) atoms. The molecule has 1 amide bonds. The number of hydrogen-bond acceptors (Lipinski definition) is 7. The molecule has 1 aliphatic rings. The summed E-state index contributed by atoms with van der Waals surface area (Å²) < 4.78 is 16.3. The molecule has 9 nitrogen and oxygen atoms in total. The number of benzene rings is 2. The molecule has 4 aromatic rings. The molecule has 5 rings (SSSR count). The SMILES string of the molecule is CC(O)CN1CCN(c2cccc(Nc3ncc(F)c(-n4cc(C(N)=O)c5ccccc54)n3)c2)CC1. The van der Waals surface area contributed by atoms with Crippen LogP contribution >= 0.6 is 0 Å². The molecule has 1 saturated heterocycles. The lowest BCUT2D eigenvalue weighted by atomic mass is 10.2. The standard InChI is InChI=1S/C26H28FN7O2/c1-17(35)15-32-9-11-33(12-10-32)19-6-4-5-18(13-19)30-26-29-14-22(27)25(31-26)34-16-21(24(28)36)20-7-2-3-8-23(20)34/h2-8,13-14,16-17,35H,9-12,15H2,1H3,(H2,28,36)(H,29,30,31). The van der Waals surface area contributed by atoms with E-state index in [1.54, 1.807) is 31.2 Å². The number of hydrogen-bond donors (Lipinski definition) is 3. The molecule has 0 radical (unpaired) electrons. The van der Waals surface area contributed by atoms with Gasteiger partial charge in [0.05, 0.1) is 23.4 Å². The fraction of sp³-hybridized carbons (Fsp3) is 0.269. The van der Waals surface area contributed by atoms with Crippen molar-refractivity contribution in [1.29, 1.82) is 0 Å². The van der Waals surface area contributed by atoms with Crippen LogP contribution in [0.25, 0.3) is 16.7 Å². The summed E-state index contributed by atoms with van der Waals surface area (Å²) in [6, 6.07) is 15.0. The summed E-state index contributed by atoms with van der Waals surface area (Å²) >= 11 is 0. The van der Waals surface area contributed by atoms with E-state index in [-0.39, 0.29) is 17.9 Å². The summed E-state index contributed by atoms with van der Waals surface area (Å²) in [4.78, 5) is 25.0. The normalized spacial score (nSPS) is 15.2. The fourth-order valence-electron chi connectivity index (χ4n) is 4.61. The first kappa shape index (κ1) is 23.7. The van der Waals surface area contributed by atoms with Crippen LogP contribution in [-0.4, -0.2) is 69.3 Å². The highest BCUT2D eigenvalue weighted by Crippen LogP contribution is 2.27. The van der Waals surface area contributed by atoms with Gasteiger partial charge in [-0.25, -0.2) is 9.37 Å². The molecule has 0 spiro atoms. The van der Waals surface area contributed by atoms with Crippen molar-refractivity contribution in [2.24, 2.45) is 5.73 Å². The summed E-state index contributed by atoms with van der Waals surface area (Å²) in [5.41, 5.74) is 8.27. The van der Waals surface area contributed by atoms with Crippen LogP contribution in [0.2, 0.25) is 0 Å². The number of β-amino-alcohol motifs (C(OH)–C–C–N with tert-alkyl or cyclic N) is 1. The molecule has 1 fully saturated rings. The van der Waals surface area contributed by atoms with E-state index in [2.05, 4.69) is 25.1 Å². The number of amides is 1. The van der Waals surface area contributed by atoms with Gasteiger partial charge < -0.3 is 21.1 Å². The van der Waals surface area contributed by atoms with Gasteiger partial charge in [0.15, 0.2) is 11.6 Å². The largest absolute Gasteiger partial charge is 0.392 e. The molecule has 0 aliphatic carbocycles. The lowest BCUT2D eigenvalue weighted by Crippen LogP contribution is -2.48. The number of primary amides is 1. The third-order valence-corrected chi connectivity index (χ3v) is 6.29. The number of piperazine rings is 1. The Morgan fingerprint density at radius 3 is 2.69 bits per heavy atom. The van der Waals surface area contributed by atoms with Gasteiger partial charge in [-0.3, -0.25) is 14.3 Å². The number of halogens is 1. The highest BCUT2D eigenvalue weighted by Gasteiger charge is 2.19. The van der Waals surface area contributed by atoms with E-state index in [1.165, 1.54) is 10.8 Å². The van der Waals surface area contributed by atoms with Gasteiger partial charge in [0.25, 0.3) is 5.91 Å². The molecule has 2 aromatic carbocycles. The van der Waals surface area contributed by atoms with Crippen molar-refractivity contribution in [3.8, 4) is 5.82 Å². The number of anilines is 3. The van der Waals surface area contributed by atoms with Crippen LogP contribution in [0.3, 0.4) is 0 Å². The third kappa shape index (κ3) is 4.86. The van der Waals surface area contributed by atoms with Gasteiger partial charge in [0.1, 0.15) is 0 Å². The maximum absolute atomic E-state index is 14.8. The van der Waals surface area contributed by atoms with E-state index in [1.807, 2.05) is 24.3 Å². The fourth-order valence-corrected chi connectivity index (χ4v) is 4.61. The maximum atomic E-state index is 14.8. The number of nitrogens with one attached hydrogen (secondary N) is 1. The summed E-state index contributed by atoms with van der Waals surface area (Å²) in [5.74, 6) is -0.979. The minimum atomic E-state index is -0.624. The maximum Gasteiger partial charge on any atom is 0.250 e. The smallest absolute Gasteiger partial charge is 0.250 e. The first-order valence-corrected chi connectivity index (χ1v) is 11.8. The van der Waals surface area contributed by atoms with Gasteiger partial charge in [0.2, 0.25) is 5.95 Å². The van der Waals surface area contributed by atoms with Gasteiger partial charge in [-0.15, -0.1) is 0 Å². The number of para-hydroxylation sites is 1. The van der Waals surface area contributed by atoms with E-state index >= 15 is 0 Å². The minimum Gasteiger partial charge on any atom is -0.392 e. The molecule has 4 N–H and O–H groups in total. The van der Waals surface area contributed by atoms with Gasteiger partial charge in [-0.1, -0.05) is 24.3 Å². The van der Waals surface area contributed by atoms with Crippen molar-refractivity contribution in [3.63, 3.8) is 0 Å². The van der Waals surface area contributed by atoms with E-state index < -0.39 is 11.7 Å². The summed E-state index contributed by atoms with van der Waals surface area (Å²) in [6.45, 7) is 5.96. The molecule has 1 aliphatic heterocycles. The zero-order valence-electron chi connectivity index (χ0n) is 19.9. The quantitative estimate of drug-likeness (QED) is 0.366. The van der Waals surface area contributed by atoms with Crippen molar-refractivity contribution < 1.29 is 14.3 Å². The van der Waals surface area contributed by atoms with Gasteiger partial charge >= 0.3 is 0 Å². The molecule has 0 bridgehead atoms. The predicted molar refractivity (Wildman–Crippen MR) is 137 cm³/mol. The monoisotopic (exact) mass is 489 g/mol. The van der Waals surface area contributed by atoms with Crippen molar-refractivity contribution >= 4 is 34.1 Å². The second-order valence-electron chi connectivity index (χ2n) is 8.97. The summed E-state index contributed by atoms with van der Waals surface area (Å²) in [7, 11) is 0. The van der Waals surface area contributed by atoms with Gasteiger partial charge in [-0.05, 0) is 31.2 Å². The number of aromatic nitrogens is 3. The Hall–Kier alpha value is -4.02. The topological polar surface area (TPSA) is 113 Å². The Kier molecular flexibility index (Phi) is 6.53. The summed E-state index contributed by atoms with van der Waals surface area (Å²) in [6.07, 6.45) is 2.27. The van der Waals surface area contributed by atoms with E-state index in [4.69, 9.17) is 5.73 Å². The lowest BCUT2D eigenvalue weighted by molar-refractivity contribution is 0.100. The first-order chi connectivity index (χ1) is 17.4. The average molecular weight is 490 g/mol. The molecule has 2 aromatic heterocycles. The van der Waals surface area contributed by atoms with E-state index in [0.29, 0.717) is 23.0 Å². The molecule has 3 heterocycles. The van der Waals surface area contributed by atoms with Crippen molar-refractivity contribution in [2.45, 2.75) is 13.0 Å². The van der Waals surface area contributed by atoms with Crippen LogP contribution in [0.5, 0.6) is 0 Å². The van der Waals surface area contributed by atoms with E-state index in [0.717, 1.165) is 43.8 Å². The Morgan fingerprint density at radius 1 is 1.17 bits per heavy atom. The molecular formula is C26H28FN7O2.